The molecular formula is C56H58FN9O6S. The SMILES string of the molecule is CC(C)CNCc1ccc(Oc2ccc(C(N)=O)cc2)nc1.NC(=O)c1ccc(Oc2ccc(CNCCc3cccs3)cn2)cc1.NC(=O)c1ccc(Oc2ccc(CNCc3ccc(F)cc3)cn2)cc1. The summed E-state index contributed by atoms with van der Waals surface area (Å²) in [5.41, 5.74) is 21.2. The number of carbonyl (C=O) groups excluding carboxylic acids is 3. The Bertz CT molecular complexity index is 2910. The van der Waals surface area contributed by atoms with Crippen molar-refractivity contribution in [2.75, 3.05) is 13.1 Å². The van der Waals surface area contributed by atoms with Gasteiger partial charge in [-0.25, -0.2) is 19.3 Å². The maximum atomic E-state index is 12.9. The van der Waals surface area contributed by atoms with Crippen LogP contribution in [0, 0.1) is 11.7 Å². The van der Waals surface area contributed by atoms with Gasteiger partial charge in [-0.1, -0.05) is 50.2 Å². The van der Waals surface area contributed by atoms with Gasteiger partial charge in [0.1, 0.15) is 23.1 Å². The van der Waals surface area contributed by atoms with Crippen molar-refractivity contribution in [3.8, 4) is 34.9 Å². The molecular weight excluding hydrogens is 946 g/mol. The van der Waals surface area contributed by atoms with Gasteiger partial charge < -0.3 is 47.4 Å². The van der Waals surface area contributed by atoms with E-state index >= 15 is 0 Å². The highest BCUT2D eigenvalue weighted by Crippen LogP contribution is 2.23. The number of amides is 3. The Morgan fingerprint density at radius 2 is 0.890 bits per heavy atom. The number of aromatic nitrogens is 3. The molecule has 8 rings (SSSR count). The summed E-state index contributed by atoms with van der Waals surface area (Å²) < 4.78 is 29.8. The molecule has 9 N–H and O–H groups in total. The summed E-state index contributed by atoms with van der Waals surface area (Å²) in [6, 6.07) is 41.8. The van der Waals surface area contributed by atoms with Gasteiger partial charge in [-0.3, -0.25) is 14.4 Å². The van der Waals surface area contributed by atoms with Crippen LogP contribution >= 0.6 is 11.3 Å². The van der Waals surface area contributed by atoms with Crippen molar-refractivity contribution in [3.05, 3.63) is 219 Å². The van der Waals surface area contributed by atoms with Gasteiger partial charge in [-0.2, -0.15) is 0 Å². The van der Waals surface area contributed by atoms with E-state index in [1.165, 1.54) is 17.0 Å². The molecule has 15 nitrogen and oxygen atoms in total. The molecule has 0 radical (unpaired) electrons. The van der Waals surface area contributed by atoms with E-state index in [0.717, 1.165) is 54.9 Å². The highest BCUT2D eigenvalue weighted by molar-refractivity contribution is 7.09. The van der Waals surface area contributed by atoms with Gasteiger partial charge in [-0.15, -0.1) is 11.3 Å². The van der Waals surface area contributed by atoms with Crippen molar-refractivity contribution in [3.63, 3.8) is 0 Å². The molecule has 0 aliphatic carbocycles. The molecule has 8 aromatic rings. The zero-order valence-electron chi connectivity index (χ0n) is 40.5. The Morgan fingerprint density at radius 3 is 1.25 bits per heavy atom. The van der Waals surface area contributed by atoms with E-state index in [2.05, 4.69) is 62.3 Å². The first-order valence-corrected chi connectivity index (χ1v) is 24.2. The number of carbonyl (C=O) groups is 3. The summed E-state index contributed by atoms with van der Waals surface area (Å²) in [4.78, 5) is 47.3. The minimum absolute atomic E-state index is 0.238. The number of rotatable bonds is 22. The summed E-state index contributed by atoms with van der Waals surface area (Å²) in [5, 5.41) is 12.1. The minimum Gasteiger partial charge on any atom is -0.439 e. The Kier molecular flexibility index (Phi) is 21.1. The summed E-state index contributed by atoms with van der Waals surface area (Å²) in [6.45, 7) is 9.10. The number of hydrogen-bond acceptors (Lipinski definition) is 13. The molecule has 4 aromatic heterocycles. The third-order valence-electron chi connectivity index (χ3n) is 10.4. The quantitative estimate of drug-likeness (QED) is 0.0349. The highest BCUT2D eigenvalue weighted by atomic mass is 32.1. The molecule has 376 valence electrons. The van der Waals surface area contributed by atoms with Crippen LogP contribution in [0.4, 0.5) is 4.39 Å². The fraction of sp³-hybridized carbons (Fsp3) is 0.179. The fourth-order valence-corrected chi connectivity index (χ4v) is 7.22. The number of ether oxygens (including phenoxy) is 3. The van der Waals surface area contributed by atoms with Gasteiger partial charge >= 0.3 is 0 Å². The molecule has 73 heavy (non-hydrogen) atoms. The predicted molar refractivity (Wildman–Crippen MR) is 281 cm³/mol. The third-order valence-corrected chi connectivity index (χ3v) is 11.3. The Hall–Kier alpha value is -8.35. The molecule has 3 amide bonds. The van der Waals surface area contributed by atoms with Gasteiger partial charge in [0.05, 0.1) is 0 Å². The first kappa shape index (κ1) is 54.0. The maximum absolute atomic E-state index is 12.9. The van der Waals surface area contributed by atoms with Crippen molar-refractivity contribution in [1.29, 1.82) is 0 Å². The second-order valence-electron chi connectivity index (χ2n) is 16.7. The van der Waals surface area contributed by atoms with Crippen molar-refractivity contribution in [1.82, 2.24) is 30.9 Å². The van der Waals surface area contributed by atoms with Crippen molar-refractivity contribution in [2.45, 2.75) is 46.4 Å². The summed E-state index contributed by atoms with van der Waals surface area (Å²) in [7, 11) is 0. The summed E-state index contributed by atoms with van der Waals surface area (Å²) in [5.74, 6) is 2.27. The van der Waals surface area contributed by atoms with E-state index in [-0.39, 0.29) is 5.82 Å². The average Bonchev–Trinajstić information content (AvgIpc) is 3.92. The lowest BCUT2D eigenvalue weighted by molar-refractivity contribution is 0.0992. The van der Waals surface area contributed by atoms with Gasteiger partial charge in [0.2, 0.25) is 35.4 Å². The summed E-state index contributed by atoms with van der Waals surface area (Å²) in [6.07, 6.45) is 6.35. The van der Waals surface area contributed by atoms with Crippen LogP contribution in [0.15, 0.2) is 170 Å². The molecule has 0 spiro atoms. The Labute approximate surface area is 428 Å². The van der Waals surface area contributed by atoms with Crippen LogP contribution in [0.1, 0.15) is 72.1 Å². The van der Waals surface area contributed by atoms with Gasteiger partial charge in [0, 0.05) is 91.1 Å². The number of pyridine rings is 3. The molecule has 0 fully saturated rings. The molecule has 0 bridgehead atoms. The summed E-state index contributed by atoms with van der Waals surface area (Å²) >= 11 is 1.78. The van der Waals surface area contributed by atoms with Gasteiger partial charge in [0.15, 0.2) is 0 Å². The van der Waals surface area contributed by atoms with Crippen LogP contribution in [0.5, 0.6) is 34.9 Å². The number of primary amides is 3. The molecule has 0 atom stereocenters. The smallest absolute Gasteiger partial charge is 0.248 e. The monoisotopic (exact) mass is 1000 g/mol. The zero-order valence-corrected chi connectivity index (χ0v) is 41.3. The fourth-order valence-electron chi connectivity index (χ4n) is 6.51. The molecule has 0 aliphatic rings. The lowest BCUT2D eigenvalue weighted by Crippen LogP contribution is -2.18. The molecule has 0 unspecified atom stereocenters. The standard InChI is InChI=1S/C20H18FN3O2.C19H19N3O2S.C17H21N3O2/c21-17-6-1-14(2-7-17)11-23-12-15-3-10-19(24-13-15)26-18-8-4-16(5-9-18)20(22)25;20-19(23)15-4-6-16(7-5-15)24-18-8-3-14(13-22-18)12-21-10-9-17-2-1-11-25-17;1-12(2)9-19-10-13-3-8-16(20-11-13)22-15-6-4-14(5-7-15)17(18)21/h1-10,13,23H,11-12H2,(H2,22,25);1-8,11,13,21H,9-10,12H2,(H2,20,23);3-8,11-12,19H,9-10H2,1-2H3,(H2,18,21). The number of nitrogens with zero attached hydrogens (tertiary/aromatic N) is 3. The van der Waals surface area contributed by atoms with Crippen molar-refractivity contribution >= 4 is 29.1 Å². The van der Waals surface area contributed by atoms with Crippen LogP contribution in [-0.2, 0) is 32.6 Å². The number of halogens is 1. The largest absolute Gasteiger partial charge is 0.439 e. The number of thiophene rings is 1. The van der Waals surface area contributed by atoms with Gasteiger partial charge in [-0.05, 0) is 138 Å². The lowest BCUT2D eigenvalue weighted by atomic mass is 10.2. The van der Waals surface area contributed by atoms with E-state index < -0.39 is 17.7 Å². The Morgan fingerprint density at radius 1 is 0.507 bits per heavy atom. The number of nitrogens with two attached hydrogens (primary N) is 3. The van der Waals surface area contributed by atoms with Crippen molar-refractivity contribution in [2.24, 2.45) is 23.1 Å². The maximum Gasteiger partial charge on any atom is 0.248 e. The lowest BCUT2D eigenvalue weighted by Gasteiger charge is -2.08. The van der Waals surface area contributed by atoms with E-state index in [1.807, 2.05) is 30.3 Å². The van der Waals surface area contributed by atoms with E-state index in [9.17, 15) is 18.8 Å². The van der Waals surface area contributed by atoms with E-state index in [1.54, 1.807) is 121 Å². The van der Waals surface area contributed by atoms with Gasteiger partial charge in [0.25, 0.3) is 0 Å². The van der Waals surface area contributed by atoms with E-state index in [4.69, 9.17) is 31.4 Å². The molecule has 0 saturated heterocycles. The second kappa shape index (κ2) is 28.5. The third kappa shape index (κ3) is 19.4. The molecule has 17 heteroatoms. The number of benzene rings is 4. The number of nitrogens with one attached hydrogen (secondary N) is 3. The van der Waals surface area contributed by atoms with Crippen LogP contribution < -0.4 is 47.4 Å². The molecule has 0 saturated carbocycles. The van der Waals surface area contributed by atoms with Crippen molar-refractivity contribution < 1.29 is 33.0 Å². The first-order chi connectivity index (χ1) is 35.3. The normalized spacial score (nSPS) is 10.6. The van der Waals surface area contributed by atoms with Crippen LogP contribution in [0.2, 0.25) is 0 Å². The highest BCUT2D eigenvalue weighted by Gasteiger charge is 2.07. The second-order valence-corrected chi connectivity index (χ2v) is 17.8. The minimum atomic E-state index is -0.479. The van der Waals surface area contributed by atoms with Crippen LogP contribution in [0.25, 0.3) is 0 Å². The topological polar surface area (TPSA) is 232 Å². The predicted octanol–water partition coefficient (Wildman–Crippen LogP) is 9.49. The van der Waals surface area contributed by atoms with Crippen LogP contribution in [-0.4, -0.2) is 45.8 Å². The van der Waals surface area contributed by atoms with Crippen LogP contribution in [0.3, 0.4) is 0 Å². The average molecular weight is 1000 g/mol. The molecule has 4 aromatic carbocycles. The number of hydrogen-bond donors (Lipinski definition) is 6. The first-order valence-electron chi connectivity index (χ1n) is 23.3. The van der Waals surface area contributed by atoms with E-state index in [0.29, 0.717) is 70.6 Å². The Balaban J connectivity index is 0.000000179. The molecule has 0 aliphatic heterocycles. The zero-order chi connectivity index (χ0) is 51.8. The molecule has 4 heterocycles.